The predicted octanol–water partition coefficient (Wildman–Crippen LogP) is 4.53. The topological polar surface area (TPSA) is 72.0 Å². The van der Waals surface area contributed by atoms with E-state index in [1.807, 2.05) is 0 Å². The van der Waals surface area contributed by atoms with Gasteiger partial charge < -0.3 is 5.32 Å². The van der Waals surface area contributed by atoms with Crippen LogP contribution in [0, 0.1) is 17.5 Å². The maximum Gasteiger partial charge on any atom is 0.255 e. The summed E-state index contributed by atoms with van der Waals surface area (Å²) in [6, 6.07) is 11.1. The van der Waals surface area contributed by atoms with E-state index in [1.165, 1.54) is 42.9 Å². The number of aromatic nitrogens is 2. The van der Waals surface area contributed by atoms with Gasteiger partial charge in [0.05, 0.1) is 11.1 Å². The van der Waals surface area contributed by atoms with Gasteiger partial charge in [-0.15, -0.1) is 0 Å². The minimum absolute atomic E-state index is 0.0119. The molecule has 1 aromatic heterocycles. The maximum absolute atomic E-state index is 14.4. The number of carbonyl (C=O) groups is 2. The van der Waals surface area contributed by atoms with Crippen LogP contribution in [0.5, 0.6) is 0 Å². The molecule has 3 aromatic carbocycles. The van der Waals surface area contributed by atoms with Gasteiger partial charge in [-0.3, -0.25) is 9.59 Å². The van der Waals surface area contributed by atoms with Crippen LogP contribution in [0.15, 0.2) is 67.1 Å². The Balaban J connectivity index is 1.68. The van der Waals surface area contributed by atoms with Crippen molar-refractivity contribution in [3.05, 3.63) is 101 Å². The highest BCUT2D eigenvalue weighted by atomic mass is 19.2. The molecule has 4 rings (SSSR count). The fourth-order valence-electron chi connectivity index (χ4n) is 2.94. The second kappa shape index (κ2) is 7.75. The summed E-state index contributed by atoms with van der Waals surface area (Å²) in [4.78, 5) is 33.0. The fraction of sp³-hybridized carbons (Fsp3) is 0. The molecule has 0 aliphatic rings. The highest BCUT2D eigenvalue weighted by molar-refractivity contribution is 6.12. The van der Waals surface area contributed by atoms with Gasteiger partial charge in [0.15, 0.2) is 17.4 Å². The number of benzene rings is 3. The van der Waals surface area contributed by atoms with Crippen molar-refractivity contribution in [3.8, 4) is 0 Å². The lowest BCUT2D eigenvalue weighted by molar-refractivity contribution is 0.101. The molecule has 0 aliphatic carbocycles. The third kappa shape index (κ3) is 3.75. The molecule has 0 bridgehead atoms. The van der Waals surface area contributed by atoms with E-state index < -0.39 is 34.7 Å². The Morgan fingerprint density at radius 1 is 0.900 bits per heavy atom. The van der Waals surface area contributed by atoms with E-state index in [0.717, 1.165) is 18.2 Å². The zero-order valence-corrected chi connectivity index (χ0v) is 15.2. The van der Waals surface area contributed by atoms with Crippen molar-refractivity contribution in [1.29, 1.82) is 0 Å². The monoisotopic (exact) mass is 407 g/mol. The number of hydrogen-bond acceptors (Lipinski definition) is 4. The van der Waals surface area contributed by atoms with Crippen LogP contribution >= 0.6 is 0 Å². The van der Waals surface area contributed by atoms with E-state index in [9.17, 15) is 22.8 Å². The van der Waals surface area contributed by atoms with Gasteiger partial charge in [-0.1, -0.05) is 6.07 Å². The molecule has 0 radical (unpaired) electrons. The van der Waals surface area contributed by atoms with Crippen LogP contribution in [-0.2, 0) is 0 Å². The molecule has 0 unspecified atom stereocenters. The number of fused-ring (bicyclic) bond motifs is 1. The number of nitrogens with zero attached hydrogens (tertiary/aromatic N) is 2. The second-order valence-corrected chi connectivity index (χ2v) is 6.41. The lowest BCUT2D eigenvalue weighted by atomic mass is 10.0. The predicted molar refractivity (Wildman–Crippen MR) is 104 cm³/mol. The SMILES string of the molecule is O=C(Nc1cc(F)c(F)c(C(=O)c2ccc3ncncc3c2)c1)c1cccc(F)c1. The second-order valence-electron chi connectivity index (χ2n) is 6.41. The molecule has 4 aromatic rings. The Labute approximate surface area is 168 Å². The van der Waals surface area contributed by atoms with Crippen molar-refractivity contribution in [3.63, 3.8) is 0 Å². The highest BCUT2D eigenvalue weighted by Crippen LogP contribution is 2.23. The maximum atomic E-state index is 14.4. The number of halogens is 3. The van der Waals surface area contributed by atoms with Crippen molar-refractivity contribution in [2.75, 3.05) is 5.32 Å². The van der Waals surface area contributed by atoms with Crippen LogP contribution in [0.4, 0.5) is 18.9 Å². The first kappa shape index (κ1) is 19.3. The van der Waals surface area contributed by atoms with Crippen molar-refractivity contribution >= 4 is 28.3 Å². The van der Waals surface area contributed by atoms with E-state index in [0.29, 0.717) is 10.9 Å². The van der Waals surface area contributed by atoms with Gasteiger partial charge in [-0.2, -0.15) is 0 Å². The van der Waals surface area contributed by atoms with E-state index in [2.05, 4.69) is 15.3 Å². The number of nitrogens with one attached hydrogen (secondary N) is 1. The van der Waals surface area contributed by atoms with Crippen molar-refractivity contribution in [1.82, 2.24) is 9.97 Å². The number of rotatable bonds is 4. The van der Waals surface area contributed by atoms with E-state index >= 15 is 0 Å². The molecule has 8 heteroatoms. The smallest absolute Gasteiger partial charge is 0.255 e. The third-order valence-corrected chi connectivity index (χ3v) is 4.38. The average Bonchev–Trinajstić information content (AvgIpc) is 2.75. The Morgan fingerprint density at radius 2 is 1.73 bits per heavy atom. The van der Waals surface area contributed by atoms with Gasteiger partial charge in [-0.05, 0) is 42.5 Å². The highest BCUT2D eigenvalue weighted by Gasteiger charge is 2.20. The average molecular weight is 407 g/mol. The first-order valence-electron chi connectivity index (χ1n) is 8.73. The van der Waals surface area contributed by atoms with E-state index in [-0.39, 0.29) is 16.8 Å². The first-order chi connectivity index (χ1) is 14.4. The Hall–Kier alpha value is -4.07. The molecule has 0 fully saturated rings. The zero-order valence-electron chi connectivity index (χ0n) is 15.2. The zero-order chi connectivity index (χ0) is 21.3. The molecule has 0 aliphatic heterocycles. The Bertz CT molecular complexity index is 1310. The van der Waals surface area contributed by atoms with Crippen molar-refractivity contribution < 1.29 is 22.8 Å². The number of carbonyl (C=O) groups excluding carboxylic acids is 2. The largest absolute Gasteiger partial charge is 0.322 e. The number of amides is 1. The van der Waals surface area contributed by atoms with Crippen molar-refractivity contribution in [2.24, 2.45) is 0 Å². The lowest BCUT2D eigenvalue weighted by Crippen LogP contribution is -2.14. The molecule has 148 valence electrons. The molecule has 1 heterocycles. The van der Waals surface area contributed by atoms with Crippen LogP contribution in [0.25, 0.3) is 10.9 Å². The minimum Gasteiger partial charge on any atom is -0.322 e. The minimum atomic E-state index is -1.34. The van der Waals surface area contributed by atoms with Crippen LogP contribution in [-0.4, -0.2) is 21.7 Å². The molecule has 0 spiro atoms. The molecular weight excluding hydrogens is 395 g/mol. The van der Waals surface area contributed by atoms with E-state index in [4.69, 9.17) is 0 Å². The molecular formula is C22H12F3N3O2. The third-order valence-electron chi connectivity index (χ3n) is 4.38. The molecule has 1 amide bonds. The summed E-state index contributed by atoms with van der Waals surface area (Å²) in [7, 11) is 0. The van der Waals surface area contributed by atoms with Gasteiger partial charge in [0.25, 0.3) is 5.91 Å². The van der Waals surface area contributed by atoms with Crippen LogP contribution in [0.3, 0.4) is 0 Å². The van der Waals surface area contributed by atoms with Gasteiger partial charge in [0.1, 0.15) is 12.1 Å². The Kier molecular flexibility index (Phi) is 4.97. The molecule has 30 heavy (non-hydrogen) atoms. The lowest BCUT2D eigenvalue weighted by Gasteiger charge is -2.10. The number of ketones is 1. The summed E-state index contributed by atoms with van der Waals surface area (Å²) in [6.45, 7) is 0. The molecule has 0 saturated heterocycles. The summed E-state index contributed by atoms with van der Waals surface area (Å²) in [5, 5.41) is 2.90. The fourth-order valence-corrected chi connectivity index (χ4v) is 2.94. The van der Waals surface area contributed by atoms with E-state index in [1.54, 1.807) is 6.07 Å². The van der Waals surface area contributed by atoms with Gasteiger partial charge in [0, 0.05) is 34.5 Å². The van der Waals surface area contributed by atoms with Crippen LogP contribution in [0.1, 0.15) is 26.3 Å². The summed E-state index contributed by atoms with van der Waals surface area (Å²) >= 11 is 0. The normalized spacial score (nSPS) is 10.8. The molecule has 0 atom stereocenters. The van der Waals surface area contributed by atoms with Gasteiger partial charge in [0.2, 0.25) is 0 Å². The first-order valence-corrected chi connectivity index (χ1v) is 8.73. The molecule has 1 N–H and O–H groups in total. The standard InChI is InChI=1S/C22H12F3N3O2/c23-15-3-1-2-13(7-15)22(30)28-16-8-17(20(25)18(24)9-16)21(29)12-4-5-19-14(6-12)10-26-11-27-19/h1-11H,(H,28,30). The van der Waals surface area contributed by atoms with Gasteiger partial charge >= 0.3 is 0 Å². The summed E-state index contributed by atoms with van der Waals surface area (Å²) < 4.78 is 41.8. The van der Waals surface area contributed by atoms with Crippen molar-refractivity contribution in [2.45, 2.75) is 0 Å². The molecule has 5 nitrogen and oxygen atoms in total. The molecule has 0 saturated carbocycles. The summed E-state index contributed by atoms with van der Waals surface area (Å²) in [5.41, 5.74) is -0.0213. The summed E-state index contributed by atoms with van der Waals surface area (Å²) in [6.07, 6.45) is 2.84. The van der Waals surface area contributed by atoms with Crippen LogP contribution < -0.4 is 5.32 Å². The quantitative estimate of drug-likeness (QED) is 0.505. The van der Waals surface area contributed by atoms with Crippen LogP contribution in [0.2, 0.25) is 0 Å². The Morgan fingerprint density at radius 3 is 2.53 bits per heavy atom. The van der Waals surface area contributed by atoms with Gasteiger partial charge in [-0.25, -0.2) is 23.1 Å². The number of anilines is 1. The number of hydrogen-bond donors (Lipinski definition) is 1. The summed E-state index contributed by atoms with van der Waals surface area (Å²) in [5.74, 6) is -4.78.